The lowest BCUT2D eigenvalue weighted by atomic mass is 9.97. The van der Waals surface area contributed by atoms with Crippen molar-refractivity contribution in [2.45, 2.75) is 24.7 Å². The number of nitro groups is 1. The molecule has 0 spiro atoms. The molecule has 0 amide bonds. The third-order valence-corrected chi connectivity index (χ3v) is 5.57. The molecule has 0 radical (unpaired) electrons. The summed E-state index contributed by atoms with van der Waals surface area (Å²) in [7, 11) is -4.38. The van der Waals surface area contributed by atoms with Crippen LogP contribution in [0.15, 0.2) is 35.5 Å². The largest absolute Gasteiger partial charge is 0.466 e. The van der Waals surface area contributed by atoms with E-state index in [4.69, 9.17) is 14.0 Å². The Bertz CT molecular complexity index is 1070. The van der Waals surface area contributed by atoms with Crippen molar-refractivity contribution in [2.75, 3.05) is 24.6 Å². The van der Waals surface area contributed by atoms with Crippen LogP contribution in [0.5, 0.6) is 11.6 Å². The molecule has 1 N–H and O–H groups in total. The van der Waals surface area contributed by atoms with Gasteiger partial charge in [-0.05, 0) is 44.0 Å². The first-order valence-electron chi connectivity index (χ1n) is 9.37. The smallest absolute Gasteiger partial charge is 0.373 e. The maximum atomic E-state index is 11.9. The first kappa shape index (κ1) is 22.4. The fourth-order valence-corrected chi connectivity index (χ4v) is 3.68. The van der Waals surface area contributed by atoms with Gasteiger partial charge in [-0.25, -0.2) is 4.98 Å². The molecule has 2 heterocycles. The van der Waals surface area contributed by atoms with Crippen LogP contribution in [-0.4, -0.2) is 53.5 Å². The zero-order chi connectivity index (χ0) is 22.6. The van der Waals surface area contributed by atoms with Gasteiger partial charge in [0.05, 0.1) is 22.3 Å². The van der Waals surface area contributed by atoms with E-state index in [0.29, 0.717) is 32.5 Å². The van der Waals surface area contributed by atoms with Crippen LogP contribution in [0, 0.1) is 16.0 Å². The Morgan fingerprint density at radius 2 is 1.90 bits per heavy atom. The Morgan fingerprint density at radius 1 is 1.26 bits per heavy atom. The summed E-state index contributed by atoms with van der Waals surface area (Å²) in [5.74, 6) is -0.721. The molecule has 2 aromatic rings. The summed E-state index contributed by atoms with van der Waals surface area (Å²) in [6, 6.07) is 4.66. The number of benzene rings is 1. The molecule has 1 aliphatic rings. The first-order valence-corrected chi connectivity index (χ1v) is 10.8. The summed E-state index contributed by atoms with van der Waals surface area (Å²) < 4.78 is 41.8. The number of carbonyl (C=O) groups is 1. The van der Waals surface area contributed by atoms with Crippen LogP contribution in [-0.2, 0) is 19.6 Å². The van der Waals surface area contributed by atoms with Gasteiger partial charge in [-0.15, -0.1) is 0 Å². The van der Waals surface area contributed by atoms with Gasteiger partial charge in [-0.3, -0.25) is 19.5 Å². The molecular formula is C18H20N4O8S. The van der Waals surface area contributed by atoms with Crippen LogP contribution in [0.4, 0.5) is 11.5 Å². The van der Waals surface area contributed by atoms with Gasteiger partial charge in [0.25, 0.3) is 10.1 Å². The molecule has 0 saturated carbocycles. The van der Waals surface area contributed by atoms with E-state index in [1.807, 2.05) is 0 Å². The molecule has 13 heteroatoms. The standard InChI is InChI=1S/C18H20N4O8S/c1-2-29-18(23)12-7-9-21(10-8-12)16-15(22(24)25)17(20-11-19-16)30-13-3-5-14(6-4-13)31(26,27)28/h3-6,11-12H,2,7-10H2,1H3,(H,26,27,28). The van der Waals surface area contributed by atoms with E-state index < -0.39 is 20.7 Å². The monoisotopic (exact) mass is 452 g/mol. The highest BCUT2D eigenvalue weighted by Gasteiger charge is 2.33. The Kier molecular flexibility index (Phi) is 6.65. The number of nitrogens with zero attached hydrogens (tertiary/aromatic N) is 4. The van der Waals surface area contributed by atoms with Crippen molar-refractivity contribution < 1.29 is 32.2 Å². The molecule has 1 fully saturated rings. The van der Waals surface area contributed by atoms with Gasteiger partial charge in [0.1, 0.15) is 12.1 Å². The molecule has 1 aliphatic heterocycles. The minimum Gasteiger partial charge on any atom is -0.466 e. The van der Waals surface area contributed by atoms with Crippen molar-refractivity contribution in [3.63, 3.8) is 0 Å². The highest BCUT2D eigenvalue weighted by molar-refractivity contribution is 7.85. The molecule has 31 heavy (non-hydrogen) atoms. The number of rotatable bonds is 7. The van der Waals surface area contributed by atoms with Crippen LogP contribution in [0.2, 0.25) is 0 Å². The molecule has 0 bridgehead atoms. The lowest BCUT2D eigenvalue weighted by Crippen LogP contribution is -2.37. The van der Waals surface area contributed by atoms with Gasteiger partial charge >= 0.3 is 17.5 Å². The summed E-state index contributed by atoms with van der Waals surface area (Å²) in [6.07, 6.45) is 2.06. The van der Waals surface area contributed by atoms with Gasteiger partial charge in [0, 0.05) is 13.1 Å². The number of piperidine rings is 1. The molecule has 1 aromatic heterocycles. The summed E-state index contributed by atoms with van der Waals surface area (Å²) >= 11 is 0. The van der Waals surface area contributed by atoms with Gasteiger partial charge in [0.2, 0.25) is 5.82 Å². The van der Waals surface area contributed by atoms with E-state index in [-0.39, 0.29) is 34.2 Å². The van der Waals surface area contributed by atoms with Crippen molar-refractivity contribution >= 4 is 27.6 Å². The Hall–Kier alpha value is -3.32. The Balaban J connectivity index is 1.82. The minimum atomic E-state index is -4.38. The van der Waals surface area contributed by atoms with E-state index in [2.05, 4.69) is 9.97 Å². The van der Waals surface area contributed by atoms with Crippen LogP contribution in [0.25, 0.3) is 0 Å². The van der Waals surface area contributed by atoms with Crippen LogP contribution in [0.3, 0.4) is 0 Å². The number of hydrogen-bond acceptors (Lipinski definition) is 10. The highest BCUT2D eigenvalue weighted by Crippen LogP contribution is 2.37. The number of carbonyl (C=O) groups excluding carboxylic acids is 1. The van der Waals surface area contributed by atoms with Crippen LogP contribution >= 0.6 is 0 Å². The average Bonchev–Trinajstić information content (AvgIpc) is 2.73. The molecule has 166 valence electrons. The van der Waals surface area contributed by atoms with Crippen molar-refractivity contribution in [1.82, 2.24) is 9.97 Å². The molecule has 1 aromatic carbocycles. The van der Waals surface area contributed by atoms with Crippen LogP contribution < -0.4 is 9.64 Å². The van der Waals surface area contributed by atoms with E-state index >= 15 is 0 Å². The fraction of sp³-hybridized carbons (Fsp3) is 0.389. The second kappa shape index (κ2) is 9.22. The average molecular weight is 452 g/mol. The lowest BCUT2D eigenvalue weighted by Gasteiger charge is -2.31. The van der Waals surface area contributed by atoms with Gasteiger partial charge < -0.3 is 14.4 Å². The Labute approximate surface area is 177 Å². The molecule has 0 unspecified atom stereocenters. The van der Waals surface area contributed by atoms with Gasteiger partial charge in [-0.2, -0.15) is 13.4 Å². The predicted octanol–water partition coefficient (Wildman–Crippen LogP) is 2.20. The molecule has 0 aliphatic carbocycles. The van der Waals surface area contributed by atoms with Crippen molar-refractivity contribution in [1.29, 1.82) is 0 Å². The lowest BCUT2D eigenvalue weighted by molar-refractivity contribution is -0.385. The quantitative estimate of drug-likeness (QED) is 0.283. The molecule has 1 saturated heterocycles. The van der Waals surface area contributed by atoms with Crippen molar-refractivity contribution in [3.8, 4) is 11.6 Å². The number of esters is 1. The zero-order valence-corrected chi connectivity index (χ0v) is 17.3. The van der Waals surface area contributed by atoms with Crippen molar-refractivity contribution in [2.24, 2.45) is 5.92 Å². The third-order valence-electron chi connectivity index (χ3n) is 4.70. The SMILES string of the molecule is CCOC(=O)C1CCN(c2ncnc(Oc3ccc(S(=O)(=O)O)cc3)c2[N+](=O)[O-])CC1. The fourth-order valence-electron chi connectivity index (χ4n) is 3.20. The van der Waals surface area contributed by atoms with E-state index in [1.165, 1.54) is 12.1 Å². The van der Waals surface area contributed by atoms with E-state index in [1.54, 1.807) is 11.8 Å². The number of hydrogen-bond donors (Lipinski definition) is 1. The highest BCUT2D eigenvalue weighted by atomic mass is 32.2. The predicted molar refractivity (Wildman–Crippen MR) is 107 cm³/mol. The topological polar surface area (TPSA) is 162 Å². The molecular weight excluding hydrogens is 432 g/mol. The van der Waals surface area contributed by atoms with E-state index in [9.17, 15) is 23.3 Å². The summed E-state index contributed by atoms with van der Waals surface area (Å²) in [5.41, 5.74) is -0.448. The zero-order valence-electron chi connectivity index (χ0n) is 16.5. The third kappa shape index (κ3) is 5.24. The second-order valence-corrected chi connectivity index (χ2v) is 8.09. The van der Waals surface area contributed by atoms with E-state index in [0.717, 1.165) is 18.5 Å². The number of anilines is 1. The molecule has 3 rings (SSSR count). The van der Waals surface area contributed by atoms with Crippen molar-refractivity contribution in [3.05, 3.63) is 40.7 Å². The normalized spacial score (nSPS) is 14.8. The molecule has 12 nitrogen and oxygen atoms in total. The maximum Gasteiger partial charge on any atom is 0.373 e. The Morgan fingerprint density at radius 3 is 2.45 bits per heavy atom. The first-order chi connectivity index (χ1) is 14.7. The summed E-state index contributed by atoms with van der Waals surface area (Å²) in [4.78, 5) is 32.2. The molecule has 0 atom stereocenters. The summed E-state index contributed by atoms with van der Waals surface area (Å²) in [5, 5.41) is 11.8. The van der Waals surface area contributed by atoms with Gasteiger partial charge in [0.15, 0.2) is 0 Å². The number of ether oxygens (including phenoxy) is 2. The van der Waals surface area contributed by atoms with Gasteiger partial charge in [-0.1, -0.05) is 0 Å². The number of aromatic nitrogens is 2. The minimum absolute atomic E-state index is 0.0619. The summed E-state index contributed by atoms with van der Waals surface area (Å²) in [6.45, 7) is 2.76. The van der Waals surface area contributed by atoms with Crippen LogP contribution in [0.1, 0.15) is 19.8 Å². The second-order valence-electron chi connectivity index (χ2n) is 6.67. The maximum absolute atomic E-state index is 11.9.